The molecule has 11 nitrogen and oxygen atoms in total. The summed E-state index contributed by atoms with van der Waals surface area (Å²) in [5.41, 5.74) is 0. The number of ether oxygens (including phenoxy) is 5. The molecular weight excluding hydrogens is 364 g/mol. The van der Waals surface area contributed by atoms with Crippen molar-refractivity contribution in [2.45, 2.75) is 70.0 Å². The maximum absolute atomic E-state index is 12.6. The van der Waals surface area contributed by atoms with Crippen molar-refractivity contribution in [1.82, 2.24) is 10.6 Å². The number of carboxylic acids is 1. The first-order valence-electron chi connectivity index (χ1n) is 8.60. The molecule has 0 aromatic heterocycles. The summed E-state index contributed by atoms with van der Waals surface area (Å²) in [6.45, 7) is 5.96. The van der Waals surface area contributed by atoms with Gasteiger partial charge in [0.1, 0.15) is 24.9 Å². The van der Waals surface area contributed by atoms with Gasteiger partial charge in [0.05, 0.1) is 6.54 Å². The van der Waals surface area contributed by atoms with Crippen LogP contribution in [0.5, 0.6) is 0 Å². The van der Waals surface area contributed by atoms with Crippen LogP contribution in [0.15, 0.2) is 0 Å². The lowest BCUT2D eigenvalue weighted by atomic mass is 9.98. The summed E-state index contributed by atoms with van der Waals surface area (Å²) in [5, 5.41) is 13.1. The van der Waals surface area contributed by atoms with Crippen molar-refractivity contribution < 1.29 is 43.2 Å². The first-order valence-corrected chi connectivity index (χ1v) is 8.60. The number of carbonyl (C=O) groups excluding carboxylic acids is 2. The van der Waals surface area contributed by atoms with E-state index in [1.54, 1.807) is 27.7 Å². The van der Waals surface area contributed by atoms with Gasteiger partial charge >= 0.3 is 5.97 Å². The highest BCUT2D eigenvalue weighted by atomic mass is 16.9. The lowest BCUT2D eigenvalue weighted by Gasteiger charge is -2.36. The summed E-state index contributed by atoms with van der Waals surface area (Å²) in [6.07, 6.45) is -3.80. The Bertz CT molecular complexity index is 635. The molecule has 11 heteroatoms. The number of hydrogen-bond acceptors (Lipinski definition) is 8. The third kappa shape index (κ3) is 4.38. The highest BCUT2D eigenvalue weighted by Crippen LogP contribution is 2.44. The van der Waals surface area contributed by atoms with E-state index in [1.807, 2.05) is 0 Å². The molecule has 3 fully saturated rings. The molecule has 0 aromatic carbocycles. The summed E-state index contributed by atoms with van der Waals surface area (Å²) in [7, 11) is 0. The fourth-order valence-corrected chi connectivity index (χ4v) is 3.33. The lowest BCUT2D eigenvalue weighted by molar-refractivity contribution is -0.231. The fraction of sp³-hybridized carbons (Fsp3) is 0.812. The normalized spacial score (nSPS) is 35.8. The Morgan fingerprint density at radius 2 is 1.44 bits per heavy atom. The Hall–Kier alpha value is -1.79. The number of aliphatic carboxylic acids is 1. The molecule has 3 aliphatic rings. The van der Waals surface area contributed by atoms with E-state index in [1.165, 1.54) is 0 Å². The highest BCUT2D eigenvalue weighted by Gasteiger charge is 2.62. The smallest absolute Gasteiger partial charge is 0.322 e. The number of carbonyl (C=O) groups is 3. The highest BCUT2D eigenvalue weighted by molar-refractivity contribution is 5.88. The molecule has 3 saturated heterocycles. The zero-order chi connectivity index (χ0) is 20.0. The molecule has 3 aliphatic heterocycles. The van der Waals surface area contributed by atoms with E-state index >= 15 is 0 Å². The van der Waals surface area contributed by atoms with Crippen LogP contribution < -0.4 is 10.6 Å². The van der Waals surface area contributed by atoms with Crippen molar-refractivity contribution in [2.24, 2.45) is 0 Å². The molecule has 152 valence electrons. The second kappa shape index (κ2) is 6.99. The Kier molecular flexibility index (Phi) is 5.16. The first-order chi connectivity index (χ1) is 12.5. The molecule has 5 atom stereocenters. The van der Waals surface area contributed by atoms with Crippen LogP contribution in [0.3, 0.4) is 0 Å². The minimum atomic E-state index is -1.18. The second-order valence-corrected chi connectivity index (χ2v) is 7.48. The van der Waals surface area contributed by atoms with Crippen molar-refractivity contribution in [3.63, 3.8) is 0 Å². The predicted octanol–water partition coefficient (Wildman–Crippen LogP) is -1.30. The third-order valence-electron chi connectivity index (χ3n) is 4.27. The molecule has 2 amide bonds. The zero-order valence-electron chi connectivity index (χ0n) is 15.5. The largest absolute Gasteiger partial charge is 0.480 e. The average Bonchev–Trinajstić information content (AvgIpc) is 3.03. The Balaban J connectivity index is 1.66. The van der Waals surface area contributed by atoms with E-state index in [9.17, 15) is 14.4 Å². The van der Waals surface area contributed by atoms with Gasteiger partial charge in [0.25, 0.3) is 5.91 Å². The van der Waals surface area contributed by atoms with Crippen LogP contribution in [-0.4, -0.2) is 78.3 Å². The number of carboxylic acid groups (broad SMARTS) is 1. The standard InChI is InChI=1S/C16H24N2O9/c1-15(2)24-9-10(25-15)12-14(27-16(3,4)26-12)23-11(9)13(22)18-5-7(19)17-6-8(20)21/h9-12,14H,5-6H2,1-4H3,(H,17,19)(H,18,22)(H,20,21)/t9-,10-,11+,12+,14+/m1/s1. The number of nitrogens with one attached hydrogen (secondary N) is 2. The van der Waals surface area contributed by atoms with Gasteiger partial charge in [-0.1, -0.05) is 0 Å². The quantitative estimate of drug-likeness (QED) is 0.524. The van der Waals surface area contributed by atoms with Crippen LogP contribution in [0.1, 0.15) is 27.7 Å². The van der Waals surface area contributed by atoms with Gasteiger partial charge in [-0.2, -0.15) is 0 Å². The number of hydrogen-bond donors (Lipinski definition) is 3. The van der Waals surface area contributed by atoms with Crippen molar-refractivity contribution in [2.75, 3.05) is 13.1 Å². The summed E-state index contributed by atoms with van der Waals surface area (Å²) in [6, 6.07) is 0. The van der Waals surface area contributed by atoms with E-state index < -0.39 is 73.2 Å². The van der Waals surface area contributed by atoms with E-state index in [0.29, 0.717) is 0 Å². The van der Waals surface area contributed by atoms with Crippen LogP contribution in [0.2, 0.25) is 0 Å². The molecular formula is C16H24N2O9. The summed E-state index contributed by atoms with van der Waals surface area (Å²) < 4.78 is 29.0. The van der Waals surface area contributed by atoms with E-state index in [0.717, 1.165) is 0 Å². The van der Waals surface area contributed by atoms with Crippen LogP contribution >= 0.6 is 0 Å². The molecule has 0 saturated carbocycles. The minimum Gasteiger partial charge on any atom is -0.480 e. The van der Waals surface area contributed by atoms with Crippen LogP contribution in [0, 0.1) is 0 Å². The van der Waals surface area contributed by atoms with Gasteiger partial charge in [-0.15, -0.1) is 0 Å². The molecule has 3 rings (SSSR count). The van der Waals surface area contributed by atoms with Crippen molar-refractivity contribution >= 4 is 17.8 Å². The third-order valence-corrected chi connectivity index (χ3v) is 4.27. The Morgan fingerprint density at radius 3 is 2.11 bits per heavy atom. The van der Waals surface area contributed by atoms with Gasteiger partial charge in [-0.25, -0.2) is 0 Å². The van der Waals surface area contributed by atoms with Crippen LogP contribution in [0.4, 0.5) is 0 Å². The molecule has 3 heterocycles. The molecule has 0 spiro atoms. The number of fused-ring (bicyclic) bond motifs is 3. The topological polar surface area (TPSA) is 142 Å². The van der Waals surface area contributed by atoms with E-state index in [2.05, 4.69) is 10.6 Å². The van der Waals surface area contributed by atoms with E-state index in [-0.39, 0.29) is 0 Å². The molecule has 27 heavy (non-hydrogen) atoms. The zero-order valence-corrected chi connectivity index (χ0v) is 15.5. The Labute approximate surface area is 155 Å². The Morgan fingerprint density at radius 1 is 0.852 bits per heavy atom. The summed E-state index contributed by atoms with van der Waals surface area (Å²) in [5.74, 6) is -4.26. The monoisotopic (exact) mass is 388 g/mol. The number of amides is 2. The minimum absolute atomic E-state index is 0.398. The number of rotatable bonds is 5. The summed E-state index contributed by atoms with van der Waals surface area (Å²) in [4.78, 5) is 34.6. The van der Waals surface area contributed by atoms with Crippen molar-refractivity contribution in [3.8, 4) is 0 Å². The molecule has 0 unspecified atom stereocenters. The van der Waals surface area contributed by atoms with Crippen LogP contribution in [-0.2, 0) is 38.1 Å². The van der Waals surface area contributed by atoms with Gasteiger partial charge in [0.2, 0.25) is 5.91 Å². The van der Waals surface area contributed by atoms with Gasteiger partial charge in [0, 0.05) is 0 Å². The maximum atomic E-state index is 12.6. The molecule has 3 N–H and O–H groups in total. The molecule has 0 bridgehead atoms. The van der Waals surface area contributed by atoms with Gasteiger partial charge < -0.3 is 39.4 Å². The lowest BCUT2D eigenvalue weighted by Crippen LogP contribution is -2.60. The van der Waals surface area contributed by atoms with Gasteiger partial charge in [0.15, 0.2) is 24.0 Å². The summed E-state index contributed by atoms with van der Waals surface area (Å²) >= 11 is 0. The maximum Gasteiger partial charge on any atom is 0.322 e. The SMILES string of the molecule is CC1(C)O[C@@H]2O[C@H](C(=O)NCC(=O)NCC(=O)O)[C@@H]3OC(C)(C)O[C@H]3[C@@H]2O1. The van der Waals surface area contributed by atoms with Crippen LogP contribution in [0.25, 0.3) is 0 Å². The first kappa shape index (κ1) is 20.0. The van der Waals surface area contributed by atoms with Crippen molar-refractivity contribution in [1.29, 1.82) is 0 Å². The molecule has 0 aromatic rings. The van der Waals surface area contributed by atoms with Gasteiger partial charge in [-0.05, 0) is 27.7 Å². The van der Waals surface area contributed by atoms with Crippen molar-refractivity contribution in [3.05, 3.63) is 0 Å². The fourth-order valence-electron chi connectivity index (χ4n) is 3.33. The molecule has 0 radical (unpaired) electrons. The van der Waals surface area contributed by atoms with E-state index in [4.69, 9.17) is 28.8 Å². The van der Waals surface area contributed by atoms with Gasteiger partial charge in [-0.3, -0.25) is 14.4 Å². The second-order valence-electron chi connectivity index (χ2n) is 7.48. The average molecular weight is 388 g/mol. The molecule has 0 aliphatic carbocycles. The predicted molar refractivity (Wildman–Crippen MR) is 86.2 cm³/mol.